The van der Waals surface area contributed by atoms with E-state index in [1.165, 1.54) is 109 Å². The third kappa shape index (κ3) is 24.0. The van der Waals surface area contributed by atoms with Crippen LogP contribution in [0, 0.1) is 5.92 Å². The molecule has 1 atom stereocenters. The fraction of sp³-hybridized carbons (Fsp3) is 0.947. The van der Waals surface area contributed by atoms with Crippen LogP contribution in [0.1, 0.15) is 182 Å². The van der Waals surface area contributed by atoms with E-state index in [4.69, 9.17) is 9.47 Å². The normalized spacial score (nSPS) is 15.3. The zero-order valence-electron chi connectivity index (χ0n) is 30.1. The van der Waals surface area contributed by atoms with Crippen molar-refractivity contribution in [3.05, 3.63) is 0 Å². The first kappa shape index (κ1) is 40.7. The standard InChI is InChI=1S/C38H74N2O4/c1-6-8-10-12-14-15-16-17-18-20-22-24-29-39(30-25-33-43-36(41)26-23-21-19-13-11-9-7-2)31-27-35-28-32-40(34-35)37(42)44-38(3,4)5/h35H,6-34H2,1-5H3. The molecule has 1 saturated heterocycles. The van der Waals surface area contributed by atoms with Crippen molar-refractivity contribution >= 4 is 12.1 Å². The zero-order valence-corrected chi connectivity index (χ0v) is 30.1. The quantitative estimate of drug-likeness (QED) is 0.0642. The maximum absolute atomic E-state index is 12.5. The largest absolute Gasteiger partial charge is 0.466 e. The van der Waals surface area contributed by atoms with Gasteiger partial charge in [-0.25, -0.2) is 4.79 Å². The Morgan fingerprint density at radius 3 is 1.73 bits per heavy atom. The number of amides is 1. The SMILES string of the molecule is CCCCCCCCCCCCCCN(CCCOC(=O)CCCCCCCCC)CCC1CCN(C(=O)OC(C)(C)C)C1. The van der Waals surface area contributed by atoms with Gasteiger partial charge in [0.2, 0.25) is 0 Å². The second-order valence-corrected chi connectivity index (χ2v) is 14.5. The first-order valence-electron chi connectivity index (χ1n) is 19.1. The van der Waals surface area contributed by atoms with Gasteiger partial charge in [-0.05, 0) is 71.9 Å². The Hall–Kier alpha value is -1.30. The molecule has 0 bridgehead atoms. The highest BCUT2D eigenvalue weighted by molar-refractivity contribution is 5.69. The zero-order chi connectivity index (χ0) is 32.3. The predicted octanol–water partition coefficient (Wildman–Crippen LogP) is 10.7. The minimum atomic E-state index is -0.447. The minimum Gasteiger partial charge on any atom is -0.466 e. The monoisotopic (exact) mass is 623 g/mol. The molecule has 6 heteroatoms. The van der Waals surface area contributed by atoms with Crippen molar-refractivity contribution in [2.75, 3.05) is 39.3 Å². The lowest BCUT2D eigenvalue weighted by molar-refractivity contribution is -0.144. The third-order valence-electron chi connectivity index (χ3n) is 8.99. The molecule has 0 aliphatic carbocycles. The van der Waals surface area contributed by atoms with Crippen LogP contribution in [-0.2, 0) is 14.3 Å². The molecule has 1 aliphatic heterocycles. The van der Waals surface area contributed by atoms with Crippen molar-refractivity contribution in [3.8, 4) is 0 Å². The Bertz CT molecular complexity index is 693. The summed E-state index contributed by atoms with van der Waals surface area (Å²) in [5.74, 6) is 0.506. The number of carbonyl (C=O) groups is 2. The van der Waals surface area contributed by atoms with Gasteiger partial charge in [-0.15, -0.1) is 0 Å². The molecule has 1 unspecified atom stereocenters. The van der Waals surface area contributed by atoms with Gasteiger partial charge >= 0.3 is 12.1 Å². The van der Waals surface area contributed by atoms with Gasteiger partial charge in [-0.3, -0.25) is 4.79 Å². The minimum absolute atomic E-state index is 0.0285. The van der Waals surface area contributed by atoms with E-state index in [9.17, 15) is 9.59 Å². The highest BCUT2D eigenvalue weighted by Crippen LogP contribution is 2.23. The summed E-state index contributed by atoms with van der Waals surface area (Å²) >= 11 is 0. The average molecular weight is 623 g/mol. The Morgan fingerprint density at radius 1 is 0.682 bits per heavy atom. The first-order chi connectivity index (χ1) is 21.2. The molecule has 0 aromatic heterocycles. The number of esters is 1. The lowest BCUT2D eigenvalue weighted by Crippen LogP contribution is -2.35. The van der Waals surface area contributed by atoms with Crippen molar-refractivity contribution in [2.24, 2.45) is 5.92 Å². The van der Waals surface area contributed by atoms with E-state index in [-0.39, 0.29) is 12.1 Å². The summed E-state index contributed by atoms with van der Waals surface area (Å²) < 4.78 is 11.2. The summed E-state index contributed by atoms with van der Waals surface area (Å²) in [5, 5.41) is 0. The van der Waals surface area contributed by atoms with E-state index >= 15 is 0 Å². The average Bonchev–Trinajstić information content (AvgIpc) is 3.46. The second-order valence-electron chi connectivity index (χ2n) is 14.5. The number of hydrogen-bond donors (Lipinski definition) is 0. The van der Waals surface area contributed by atoms with Crippen LogP contribution < -0.4 is 0 Å². The lowest BCUT2D eigenvalue weighted by Gasteiger charge is -2.25. The summed E-state index contributed by atoms with van der Waals surface area (Å²) in [6.45, 7) is 15.6. The second kappa shape index (κ2) is 26.9. The molecule has 0 spiro atoms. The number of hydrogen-bond acceptors (Lipinski definition) is 5. The molecular weight excluding hydrogens is 548 g/mol. The maximum Gasteiger partial charge on any atom is 0.410 e. The van der Waals surface area contributed by atoms with Crippen molar-refractivity contribution in [2.45, 2.75) is 188 Å². The summed E-state index contributed by atoms with van der Waals surface area (Å²) in [6, 6.07) is 0. The van der Waals surface area contributed by atoms with Crippen molar-refractivity contribution in [1.29, 1.82) is 0 Å². The van der Waals surface area contributed by atoms with Crippen LogP contribution in [0.15, 0.2) is 0 Å². The molecule has 0 aromatic carbocycles. The maximum atomic E-state index is 12.5. The predicted molar refractivity (Wildman–Crippen MR) is 186 cm³/mol. The van der Waals surface area contributed by atoms with E-state index in [1.807, 2.05) is 25.7 Å². The highest BCUT2D eigenvalue weighted by atomic mass is 16.6. The Kier molecular flexibility index (Phi) is 24.9. The van der Waals surface area contributed by atoms with E-state index < -0.39 is 5.60 Å². The first-order valence-corrected chi connectivity index (χ1v) is 19.1. The van der Waals surface area contributed by atoms with Gasteiger partial charge in [0.05, 0.1) is 6.61 Å². The number of unbranched alkanes of at least 4 members (excludes halogenated alkanes) is 17. The molecule has 1 aliphatic rings. The Labute approximate surface area is 273 Å². The van der Waals surface area contributed by atoms with E-state index in [0.29, 0.717) is 18.9 Å². The molecule has 0 radical (unpaired) electrons. The molecule has 1 rings (SSSR count). The molecular formula is C38H74N2O4. The van der Waals surface area contributed by atoms with Crippen molar-refractivity contribution < 1.29 is 19.1 Å². The molecule has 0 N–H and O–H groups in total. The lowest BCUT2D eigenvalue weighted by atomic mass is 10.0. The number of likely N-dealkylation sites (tertiary alicyclic amines) is 1. The van der Waals surface area contributed by atoms with Crippen LogP contribution in [0.2, 0.25) is 0 Å². The molecule has 1 heterocycles. The van der Waals surface area contributed by atoms with Crippen LogP contribution in [-0.4, -0.2) is 66.8 Å². The van der Waals surface area contributed by atoms with Gasteiger partial charge in [-0.2, -0.15) is 0 Å². The number of ether oxygens (including phenoxy) is 2. The smallest absolute Gasteiger partial charge is 0.410 e. The summed E-state index contributed by atoms with van der Waals surface area (Å²) in [5.41, 5.74) is -0.447. The number of carbonyl (C=O) groups excluding carboxylic acids is 2. The topological polar surface area (TPSA) is 59.1 Å². The van der Waals surface area contributed by atoms with Gasteiger partial charge in [-0.1, -0.05) is 123 Å². The number of nitrogens with zero attached hydrogens (tertiary/aromatic N) is 2. The van der Waals surface area contributed by atoms with Crippen molar-refractivity contribution in [3.63, 3.8) is 0 Å². The molecule has 1 fully saturated rings. The van der Waals surface area contributed by atoms with Crippen molar-refractivity contribution in [1.82, 2.24) is 9.80 Å². The van der Waals surface area contributed by atoms with Gasteiger partial charge < -0.3 is 19.3 Å². The molecule has 260 valence electrons. The molecule has 6 nitrogen and oxygen atoms in total. The third-order valence-corrected chi connectivity index (χ3v) is 8.99. The fourth-order valence-electron chi connectivity index (χ4n) is 6.21. The van der Waals surface area contributed by atoms with Gasteiger partial charge in [0.25, 0.3) is 0 Å². The van der Waals surface area contributed by atoms with Crippen LogP contribution >= 0.6 is 0 Å². The van der Waals surface area contributed by atoms with Gasteiger partial charge in [0, 0.05) is 26.1 Å². The highest BCUT2D eigenvalue weighted by Gasteiger charge is 2.29. The van der Waals surface area contributed by atoms with E-state index in [2.05, 4.69) is 18.7 Å². The van der Waals surface area contributed by atoms with E-state index in [0.717, 1.165) is 64.8 Å². The van der Waals surface area contributed by atoms with Gasteiger partial charge in [0.15, 0.2) is 0 Å². The summed E-state index contributed by atoms with van der Waals surface area (Å²) in [7, 11) is 0. The summed E-state index contributed by atoms with van der Waals surface area (Å²) in [6.07, 6.45) is 28.4. The van der Waals surface area contributed by atoms with E-state index in [1.54, 1.807) is 0 Å². The fourth-order valence-corrected chi connectivity index (χ4v) is 6.21. The Balaban J connectivity index is 2.31. The molecule has 1 amide bonds. The summed E-state index contributed by atoms with van der Waals surface area (Å²) in [4.78, 5) is 29.2. The van der Waals surface area contributed by atoms with Gasteiger partial charge in [0.1, 0.15) is 5.60 Å². The molecule has 0 aromatic rings. The Morgan fingerprint density at radius 2 is 1.18 bits per heavy atom. The molecule has 44 heavy (non-hydrogen) atoms. The van der Waals surface area contributed by atoms with Crippen LogP contribution in [0.5, 0.6) is 0 Å². The van der Waals surface area contributed by atoms with Crippen LogP contribution in [0.4, 0.5) is 4.79 Å². The number of rotatable bonds is 28. The molecule has 0 saturated carbocycles. The van der Waals surface area contributed by atoms with Crippen LogP contribution in [0.3, 0.4) is 0 Å². The van der Waals surface area contributed by atoms with Crippen LogP contribution in [0.25, 0.3) is 0 Å².